The normalized spacial score (nSPS) is 20.3. The van der Waals surface area contributed by atoms with Crippen LogP contribution in [-0.2, 0) is 6.42 Å². The third kappa shape index (κ3) is 8.83. The fraction of sp³-hybridized carbons (Fsp3) is 0.167. The molecule has 19 heteroatoms. The zero-order valence-electron chi connectivity index (χ0n) is 33.8. The van der Waals surface area contributed by atoms with Gasteiger partial charge in [-0.15, -0.1) is 32.8 Å². The van der Waals surface area contributed by atoms with E-state index in [4.69, 9.17) is 137 Å². The zero-order valence-corrected chi connectivity index (χ0v) is 33.8. The predicted octanol–water partition coefficient (Wildman–Crippen LogP) is -2.00. The first-order chi connectivity index (χ1) is 28.9. The van der Waals surface area contributed by atoms with Crippen molar-refractivity contribution >= 4 is 167 Å². The van der Waals surface area contributed by atoms with Crippen molar-refractivity contribution in [1.82, 2.24) is 15.0 Å². The Hall–Kier alpha value is -4.38. The first-order valence-electron chi connectivity index (χ1n) is 19.0. The number of allylic oxidation sites excluding steroid dienone is 18. The number of hydrogen-bond donors (Lipinski definition) is 0. The van der Waals surface area contributed by atoms with E-state index in [1.165, 1.54) is 0 Å². The molecule has 3 aromatic rings. The molecule has 0 spiro atoms. The quantitative estimate of drug-likeness (QED) is 0.188. The molecule has 0 bridgehead atoms. The summed E-state index contributed by atoms with van der Waals surface area (Å²) >= 11 is 0. The molecule has 4 nitrogen and oxygen atoms in total. The van der Waals surface area contributed by atoms with Gasteiger partial charge >= 0.3 is 0 Å². The fourth-order valence-electron chi connectivity index (χ4n) is 7.56. The summed E-state index contributed by atoms with van der Waals surface area (Å²) in [6, 6.07) is 1.66. The second kappa shape index (κ2) is 18.9. The van der Waals surface area contributed by atoms with Crippen LogP contribution < -0.4 is 43.0 Å². The molecule has 2 unspecified atom stereocenters. The number of ether oxygens (including phenoxy) is 1. The van der Waals surface area contributed by atoms with Crippen LogP contribution >= 0.6 is 0 Å². The van der Waals surface area contributed by atoms with Gasteiger partial charge < -0.3 is 4.74 Å². The molecule has 258 valence electrons. The van der Waals surface area contributed by atoms with E-state index in [0.29, 0.717) is 50.9 Å². The van der Waals surface area contributed by atoms with Gasteiger partial charge in [-0.05, 0) is 30.1 Å². The number of nitrogens with zero attached hydrogens (tertiary/aromatic N) is 3. The number of rotatable bonds is 9. The Morgan fingerprint density at radius 3 is 1.98 bits per heavy atom. The summed E-state index contributed by atoms with van der Waals surface area (Å²) in [6.45, 7) is 5.70. The summed E-state index contributed by atoms with van der Waals surface area (Å²) in [5, 5.41) is 0. The Labute approximate surface area is 380 Å². The molecule has 0 saturated heterocycles. The van der Waals surface area contributed by atoms with Crippen molar-refractivity contribution < 1.29 is 4.74 Å². The van der Waals surface area contributed by atoms with Gasteiger partial charge in [-0.3, -0.25) is 0 Å². The van der Waals surface area contributed by atoms with Crippen molar-refractivity contribution in [2.75, 3.05) is 0 Å². The van der Waals surface area contributed by atoms with Crippen molar-refractivity contribution in [1.29, 1.82) is 0 Å². The molecule has 30 radical (unpaired) electrons. The molecular formula is C42H24B15N3O. The minimum Gasteiger partial charge on any atom is -0.459 e. The molecule has 1 aliphatic heterocycles. The number of hydrogen-bond acceptors (Lipinski definition) is 4. The third-order valence-corrected chi connectivity index (χ3v) is 11.0. The molecule has 61 heavy (non-hydrogen) atoms. The number of benzene rings is 2. The summed E-state index contributed by atoms with van der Waals surface area (Å²) in [5.41, 5.74) is 6.43. The van der Waals surface area contributed by atoms with Gasteiger partial charge in [0, 0.05) is 28.5 Å². The topological polar surface area (TPSA) is 47.9 Å². The van der Waals surface area contributed by atoms with Crippen LogP contribution in [0.2, 0.25) is 19.0 Å². The minimum absolute atomic E-state index is 0.00906. The smallest absolute Gasteiger partial charge is 0.164 e. The van der Waals surface area contributed by atoms with Gasteiger partial charge in [-0.1, -0.05) is 124 Å². The molecule has 2 aromatic carbocycles. The molecule has 2 aliphatic carbocycles. The fourth-order valence-corrected chi connectivity index (χ4v) is 7.56. The van der Waals surface area contributed by atoms with E-state index in [1.807, 2.05) is 36.5 Å². The highest BCUT2D eigenvalue weighted by atomic mass is 16.5. The summed E-state index contributed by atoms with van der Waals surface area (Å²) in [4.78, 5) is 14.7. The van der Waals surface area contributed by atoms with Crippen molar-refractivity contribution in [2.24, 2.45) is 5.92 Å². The summed E-state index contributed by atoms with van der Waals surface area (Å²) in [5.74, 6) is 0.335. The molecule has 0 saturated carbocycles. The summed E-state index contributed by atoms with van der Waals surface area (Å²) < 4.78 is 6.20. The summed E-state index contributed by atoms with van der Waals surface area (Å²) in [6.07, 6.45) is 15.4. The van der Waals surface area contributed by atoms with Gasteiger partial charge in [0.2, 0.25) is 0 Å². The molecular weight excluding hydrogens is 725 g/mol. The van der Waals surface area contributed by atoms with Gasteiger partial charge in [-0.2, -0.15) is 0 Å². The maximum atomic E-state index is 6.85. The molecule has 6 rings (SSSR count). The maximum Gasteiger partial charge on any atom is 0.164 e. The van der Waals surface area contributed by atoms with Crippen LogP contribution in [0.1, 0.15) is 35.6 Å². The largest absolute Gasteiger partial charge is 0.459 e. The molecule has 2 heterocycles. The molecule has 0 amide bonds. The van der Waals surface area contributed by atoms with Crippen LogP contribution in [0.15, 0.2) is 111 Å². The second-order valence-corrected chi connectivity index (χ2v) is 14.6. The van der Waals surface area contributed by atoms with E-state index in [-0.39, 0.29) is 109 Å². The van der Waals surface area contributed by atoms with Crippen LogP contribution in [0.5, 0.6) is 5.75 Å². The van der Waals surface area contributed by atoms with Gasteiger partial charge in [0.25, 0.3) is 0 Å². The van der Waals surface area contributed by atoms with Crippen molar-refractivity contribution in [3.63, 3.8) is 0 Å². The lowest BCUT2D eigenvalue weighted by Crippen LogP contribution is -2.55. The maximum absolute atomic E-state index is 6.85. The molecule has 0 N–H and O–H groups in total. The standard InChI is InChI=1S/C42H24B15N3O/c1-16(32(51)24(13-43)25(14-44)33(52)29(50)15-45)40-58-41(60-42(59-40)31-34(53)36(55)38(57)37(56)35(31)54)22-10-9-21(19-5-3-4-6-20(19)22)30-23-8-7-18(46)11-26(47)17(2)61-39(23)28(49)12-27(30)48/h3-7,9-12,19,21H,2,8,13-15H2,1H3/b18-7+,25-24+,26-11+,32-16-,33-29-. The van der Waals surface area contributed by atoms with Gasteiger partial charge in [0.1, 0.15) is 106 Å². The Balaban J connectivity index is 1.61. The van der Waals surface area contributed by atoms with Gasteiger partial charge in [0.15, 0.2) is 17.5 Å². The van der Waals surface area contributed by atoms with Crippen LogP contribution in [0, 0.1) is 5.92 Å². The van der Waals surface area contributed by atoms with Gasteiger partial charge in [-0.25, -0.2) is 15.0 Å². The van der Waals surface area contributed by atoms with E-state index in [2.05, 4.69) is 12.7 Å². The average Bonchev–Trinajstić information content (AvgIpc) is 3.30. The number of aromatic nitrogens is 3. The molecule has 3 aliphatic rings. The summed E-state index contributed by atoms with van der Waals surface area (Å²) in [7, 11) is 95.3. The van der Waals surface area contributed by atoms with E-state index in [0.717, 1.165) is 16.7 Å². The lowest BCUT2D eigenvalue weighted by Gasteiger charge is -2.34. The van der Waals surface area contributed by atoms with Crippen molar-refractivity contribution in [3.8, 4) is 17.1 Å². The molecule has 1 aromatic heterocycles. The third-order valence-electron chi connectivity index (χ3n) is 11.0. The van der Waals surface area contributed by atoms with Gasteiger partial charge in [0.05, 0.1) is 23.5 Å². The SMILES string of the molecule is [B]C\C([B])=C([B])/C(C[B])=C(C[B])/C([B])=C(\C)c1nc(C2=C3C=CC=CC3C(c3c([B])cc([B])c4c3C/C=C([B])\C=C(\[B])C(=C)O4)C=C2)nc(-c2c([B])c([B])c([B])c([B])c2[B])n1. The molecule has 0 fully saturated rings. The zero-order chi connectivity index (χ0) is 44.6. The van der Waals surface area contributed by atoms with E-state index < -0.39 is 0 Å². The van der Waals surface area contributed by atoms with Crippen LogP contribution in [0.25, 0.3) is 22.5 Å². The van der Waals surface area contributed by atoms with E-state index >= 15 is 0 Å². The second-order valence-electron chi connectivity index (χ2n) is 14.6. The van der Waals surface area contributed by atoms with E-state index in [9.17, 15) is 0 Å². The Morgan fingerprint density at radius 2 is 1.34 bits per heavy atom. The molecule has 2 atom stereocenters. The minimum atomic E-state index is -0.334. The monoisotopic (exact) mass is 751 g/mol. The Morgan fingerprint density at radius 1 is 0.721 bits per heavy atom. The Bertz CT molecular complexity index is 2640. The average molecular weight is 749 g/mol. The van der Waals surface area contributed by atoms with Crippen LogP contribution in [0.3, 0.4) is 0 Å². The highest BCUT2D eigenvalue weighted by Gasteiger charge is 2.33. The Kier molecular flexibility index (Phi) is 14.3. The van der Waals surface area contributed by atoms with Crippen LogP contribution in [0.4, 0.5) is 0 Å². The number of fused-ring (bicyclic) bond motifs is 2. The highest BCUT2D eigenvalue weighted by Crippen LogP contribution is 2.44. The predicted molar refractivity (Wildman–Crippen MR) is 267 cm³/mol. The lowest BCUT2D eigenvalue weighted by molar-refractivity contribution is 0.442. The lowest BCUT2D eigenvalue weighted by atomic mass is 9.60. The van der Waals surface area contributed by atoms with Crippen LogP contribution in [-0.4, -0.2) is 133 Å². The van der Waals surface area contributed by atoms with Crippen molar-refractivity contribution in [3.05, 3.63) is 134 Å². The first-order valence-corrected chi connectivity index (χ1v) is 19.0. The highest BCUT2D eigenvalue weighted by molar-refractivity contribution is 6.68. The van der Waals surface area contributed by atoms with E-state index in [1.54, 1.807) is 19.1 Å². The van der Waals surface area contributed by atoms with Crippen molar-refractivity contribution in [2.45, 2.75) is 38.2 Å². The first kappa shape index (κ1) is 46.1.